The zero-order chi connectivity index (χ0) is 25.2. The molecule has 0 saturated carbocycles. The number of nitrogens with one attached hydrogen (secondary N) is 1. The molecule has 0 saturated heterocycles. The first-order chi connectivity index (χ1) is 15.0. The van der Waals surface area contributed by atoms with Gasteiger partial charge in [0.25, 0.3) is 11.4 Å². The SMILES string of the molecule is O=[N+]([O-])c1cc([N+](=O)[O-])c(CCNc2ccc(OC(F)(F)C(F)(F)F)cc2)c(C(F)(F)F)c1. The van der Waals surface area contributed by atoms with Gasteiger partial charge in [0.05, 0.1) is 21.5 Å². The summed E-state index contributed by atoms with van der Waals surface area (Å²) in [4.78, 5) is 19.6. The monoisotopic (exact) mass is 489 g/mol. The van der Waals surface area contributed by atoms with Crippen LogP contribution in [0.5, 0.6) is 5.75 Å². The fourth-order valence-electron chi connectivity index (χ4n) is 2.60. The number of rotatable bonds is 8. The number of hydrogen-bond donors (Lipinski definition) is 1. The minimum absolute atomic E-state index is 0.0517. The number of non-ortho nitro benzene ring substituents is 1. The van der Waals surface area contributed by atoms with Gasteiger partial charge in [-0.1, -0.05) is 0 Å². The lowest BCUT2D eigenvalue weighted by Gasteiger charge is -2.20. The molecule has 2 aromatic carbocycles. The van der Waals surface area contributed by atoms with E-state index < -0.39 is 63.0 Å². The van der Waals surface area contributed by atoms with Crippen LogP contribution in [0.4, 0.5) is 52.2 Å². The summed E-state index contributed by atoms with van der Waals surface area (Å²) in [5.74, 6) is -0.853. The largest absolute Gasteiger partial charge is 0.499 e. The van der Waals surface area contributed by atoms with E-state index in [2.05, 4.69) is 10.1 Å². The molecule has 0 heterocycles. The number of halogens is 8. The van der Waals surface area contributed by atoms with E-state index in [0.717, 1.165) is 24.3 Å². The lowest BCUT2D eigenvalue weighted by atomic mass is 10.0. The maximum atomic E-state index is 13.3. The number of nitrogens with zero attached hydrogens (tertiary/aromatic N) is 2. The third-order valence-corrected chi connectivity index (χ3v) is 4.06. The molecular weight excluding hydrogens is 478 g/mol. The number of hydrogen-bond acceptors (Lipinski definition) is 6. The number of alkyl halides is 8. The predicted molar refractivity (Wildman–Crippen MR) is 95.0 cm³/mol. The molecule has 0 amide bonds. The van der Waals surface area contributed by atoms with Crippen molar-refractivity contribution in [2.45, 2.75) is 24.9 Å². The average Bonchev–Trinajstić information content (AvgIpc) is 2.67. The number of nitro benzene ring substituents is 2. The van der Waals surface area contributed by atoms with Gasteiger partial charge in [0.1, 0.15) is 5.75 Å². The highest BCUT2D eigenvalue weighted by Gasteiger charge is 2.61. The van der Waals surface area contributed by atoms with Gasteiger partial charge in [0.15, 0.2) is 0 Å². The Morgan fingerprint density at radius 3 is 1.91 bits per heavy atom. The Morgan fingerprint density at radius 2 is 1.45 bits per heavy atom. The summed E-state index contributed by atoms with van der Waals surface area (Å²) in [6, 6.07) is 3.98. The smallest absolute Gasteiger partial charge is 0.426 e. The molecule has 0 unspecified atom stereocenters. The average molecular weight is 489 g/mol. The minimum Gasteiger partial charge on any atom is -0.426 e. The van der Waals surface area contributed by atoms with E-state index in [1.807, 2.05) is 0 Å². The summed E-state index contributed by atoms with van der Waals surface area (Å²) in [6.45, 7) is -0.388. The van der Waals surface area contributed by atoms with E-state index in [-0.39, 0.29) is 18.3 Å². The Bertz CT molecular complexity index is 1040. The first-order valence-electron chi connectivity index (χ1n) is 8.53. The molecule has 0 aliphatic rings. The second-order valence-corrected chi connectivity index (χ2v) is 6.32. The molecule has 0 bridgehead atoms. The molecule has 0 aliphatic carbocycles. The van der Waals surface area contributed by atoms with Crippen molar-refractivity contribution < 1.29 is 49.7 Å². The maximum Gasteiger partial charge on any atom is 0.499 e. The van der Waals surface area contributed by atoms with E-state index in [0.29, 0.717) is 6.07 Å². The molecule has 180 valence electrons. The van der Waals surface area contributed by atoms with Crippen LogP contribution in [0.25, 0.3) is 0 Å². The van der Waals surface area contributed by atoms with Gasteiger partial charge in [0, 0.05) is 23.9 Å². The van der Waals surface area contributed by atoms with Gasteiger partial charge in [0.2, 0.25) is 0 Å². The summed E-state index contributed by atoms with van der Waals surface area (Å²) < 4.78 is 106. The lowest BCUT2D eigenvalue weighted by Crippen LogP contribution is -2.41. The van der Waals surface area contributed by atoms with E-state index in [4.69, 9.17) is 0 Å². The van der Waals surface area contributed by atoms with Crippen molar-refractivity contribution in [3.63, 3.8) is 0 Å². The van der Waals surface area contributed by atoms with Gasteiger partial charge in [-0.05, 0) is 30.7 Å². The molecule has 0 radical (unpaired) electrons. The van der Waals surface area contributed by atoms with Crippen molar-refractivity contribution in [3.8, 4) is 5.75 Å². The Balaban J connectivity index is 2.20. The second kappa shape index (κ2) is 9.03. The van der Waals surface area contributed by atoms with E-state index in [1.165, 1.54) is 0 Å². The van der Waals surface area contributed by atoms with Crippen molar-refractivity contribution in [1.82, 2.24) is 0 Å². The Kier molecular flexibility index (Phi) is 6.99. The molecule has 0 aliphatic heterocycles. The standard InChI is InChI=1S/C17H11F8N3O5/c18-15(19,20)13-7-10(27(29)30)8-14(28(31)32)12(13)5-6-26-9-1-3-11(4-2-9)33-17(24,25)16(21,22)23/h1-4,7-8,26H,5-6H2. The minimum atomic E-state index is -5.96. The van der Waals surface area contributed by atoms with Crippen molar-refractivity contribution in [2.75, 3.05) is 11.9 Å². The number of nitro groups is 2. The molecule has 0 atom stereocenters. The van der Waals surface area contributed by atoms with E-state index in [1.54, 1.807) is 0 Å². The molecule has 16 heteroatoms. The molecular formula is C17H11F8N3O5. The fourth-order valence-corrected chi connectivity index (χ4v) is 2.60. The molecule has 0 fully saturated rings. The fraction of sp³-hybridized carbons (Fsp3) is 0.294. The summed E-state index contributed by atoms with van der Waals surface area (Å²) in [5.41, 5.74) is -4.62. The summed E-state index contributed by atoms with van der Waals surface area (Å²) >= 11 is 0. The molecule has 2 aromatic rings. The van der Waals surface area contributed by atoms with Crippen molar-refractivity contribution in [2.24, 2.45) is 0 Å². The summed E-state index contributed by atoms with van der Waals surface area (Å²) in [5, 5.41) is 24.5. The third kappa shape index (κ3) is 6.17. The van der Waals surface area contributed by atoms with Gasteiger partial charge in [-0.15, -0.1) is 0 Å². The first kappa shape index (κ1) is 25.5. The van der Waals surface area contributed by atoms with Crippen molar-refractivity contribution >= 4 is 17.1 Å². The quantitative estimate of drug-likeness (QED) is 0.289. The normalized spacial score (nSPS) is 12.4. The topological polar surface area (TPSA) is 108 Å². The first-order valence-corrected chi connectivity index (χ1v) is 8.53. The second-order valence-electron chi connectivity index (χ2n) is 6.32. The maximum absolute atomic E-state index is 13.3. The molecule has 8 nitrogen and oxygen atoms in total. The van der Waals surface area contributed by atoms with E-state index in [9.17, 15) is 55.4 Å². The lowest BCUT2D eigenvalue weighted by molar-refractivity contribution is -0.395. The van der Waals surface area contributed by atoms with Crippen LogP contribution < -0.4 is 10.1 Å². The number of ether oxygens (including phenoxy) is 1. The Morgan fingerprint density at radius 1 is 0.879 bits per heavy atom. The Labute approximate surface area is 178 Å². The van der Waals surface area contributed by atoms with Gasteiger partial charge >= 0.3 is 18.5 Å². The van der Waals surface area contributed by atoms with Crippen LogP contribution in [0.3, 0.4) is 0 Å². The highest BCUT2D eigenvalue weighted by Crippen LogP contribution is 2.40. The molecule has 2 rings (SSSR count). The van der Waals surface area contributed by atoms with Crippen molar-refractivity contribution in [3.05, 3.63) is 67.8 Å². The van der Waals surface area contributed by atoms with Gasteiger partial charge in [-0.3, -0.25) is 20.2 Å². The molecule has 0 aromatic heterocycles. The van der Waals surface area contributed by atoms with Crippen LogP contribution in [0.15, 0.2) is 36.4 Å². The van der Waals surface area contributed by atoms with Gasteiger partial charge in [-0.25, -0.2) is 0 Å². The Hall–Kier alpha value is -3.72. The number of benzene rings is 2. The number of anilines is 1. The molecule has 1 N–H and O–H groups in total. The van der Waals surface area contributed by atoms with Crippen LogP contribution in [0.2, 0.25) is 0 Å². The predicted octanol–water partition coefficient (Wildman–Crippen LogP) is 5.71. The van der Waals surface area contributed by atoms with Crippen LogP contribution in [-0.2, 0) is 12.6 Å². The third-order valence-electron chi connectivity index (χ3n) is 4.06. The van der Waals surface area contributed by atoms with Crippen LogP contribution in [-0.4, -0.2) is 28.7 Å². The van der Waals surface area contributed by atoms with Crippen LogP contribution in [0.1, 0.15) is 11.1 Å². The zero-order valence-corrected chi connectivity index (χ0v) is 15.8. The van der Waals surface area contributed by atoms with Crippen molar-refractivity contribution in [1.29, 1.82) is 0 Å². The van der Waals surface area contributed by atoms with Gasteiger partial charge < -0.3 is 10.1 Å². The highest BCUT2D eigenvalue weighted by molar-refractivity contribution is 5.55. The van der Waals surface area contributed by atoms with Crippen LogP contribution >= 0.6 is 0 Å². The van der Waals surface area contributed by atoms with E-state index >= 15 is 0 Å². The summed E-state index contributed by atoms with van der Waals surface area (Å²) in [6.07, 6.45) is -17.2. The van der Waals surface area contributed by atoms with Gasteiger partial charge in [-0.2, -0.15) is 35.1 Å². The highest BCUT2D eigenvalue weighted by atomic mass is 19.4. The molecule has 0 spiro atoms. The van der Waals surface area contributed by atoms with Crippen LogP contribution in [0, 0.1) is 20.2 Å². The summed E-state index contributed by atoms with van der Waals surface area (Å²) in [7, 11) is 0. The molecule has 33 heavy (non-hydrogen) atoms. The zero-order valence-electron chi connectivity index (χ0n) is 15.8.